The molecular weight excluding hydrogens is 352 g/mol. The fourth-order valence-corrected chi connectivity index (χ4v) is 2.20. The summed E-state index contributed by atoms with van der Waals surface area (Å²) >= 11 is 6.76. The Bertz CT molecular complexity index is 418. The van der Waals surface area contributed by atoms with Gasteiger partial charge in [0.2, 0.25) is 0 Å². The number of rotatable bonds is 5. The highest BCUT2D eigenvalue weighted by molar-refractivity contribution is 9.11. The molecule has 0 bridgehead atoms. The van der Waals surface area contributed by atoms with E-state index < -0.39 is 6.10 Å². The molecular formula is C12H14Br2O3. The molecule has 0 aliphatic carbocycles. The first-order valence-corrected chi connectivity index (χ1v) is 6.80. The zero-order valence-corrected chi connectivity index (χ0v) is 13.1. The van der Waals surface area contributed by atoms with Crippen LogP contribution < -0.4 is 9.47 Å². The molecule has 3 nitrogen and oxygen atoms in total. The van der Waals surface area contributed by atoms with Gasteiger partial charge in [-0.2, -0.15) is 0 Å². The van der Waals surface area contributed by atoms with Crippen molar-refractivity contribution in [3.63, 3.8) is 0 Å². The van der Waals surface area contributed by atoms with Crippen LogP contribution in [0.15, 0.2) is 21.1 Å². The van der Waals surface area contributed by atoms with Gasteiger partial charge in [-0.15, -0.1) is 0 Å². The number of benzene rings is 1. The van der Waals surface area contributed by atoms with Gasteiger partial charge in [0.05, 0.1) is 16.1 Å². The summed E-state index contributed by atoms with van der Waals surface area (Å²) in [5.41, 5.74) is 0. The lowest BCUT2D eigenvalue weighted by atomic mass is 10.2. The molecule has 0 spiro atoms. The number of ether oxygens (including phenoxy) is 2. The second-order valence-corrected chi connectivity index (χ2v) is 5.21. The first-order chi connectivity index (χ1) is 7.99. The molecule has 0 aliphatic rings. The maximum absolute atomic E-state index is 11.5. The molecule has 1 atom stereocenters. The molecule has 1 rings (SSSR count). The standard InChI is InChI=1S/C12H14Br2O3/c1-4-10(15)7(2)17-12-6-8(13)11(16-3)5-9(12)14/h5-7H,4H2,1-3H3. The van der Waals surface area contributed by atoms with Crippen molar-refractivity contribution >= 4 is 37.6 Å². The van der Waals surface area contributed by atoms with Crippen molar-refractivity contribution in [1.82, 2.24) is 0 Å². The maximum Gasteiger partial charge on any atom is 0.172 e. The van der Waals surface area contributed by atoms with Crippen molar-refractivity contribution in [3.8, 4) is 11.5 Å². The summed E-state index contributed by atoms with van der Waals surface area (Å²) < 4.78 is 12.3. The van der Waals surface area contributed by atoms with Gasteiger partial charge in [0.15, 0.2) is 11.9 Å². The number of hydrogen-bond donors (Lipinski definition) is 0. The highest BCUT2D eigenvalue weighted by Crippen LogP contribution is 2.36. The first-order valence-electron chi connectivity index (χ1n) is 5.22. The fourth-order valence-electron chi connectivity index (χ4n) is 1.30. The average Bonchev–Trinajstić information content (AvgIpc) is 2.32. The molecule has 1 aromatic rings. The topological polar surface area (TPSA) is 35.5 Å². The van der Waals surface area contributed by atoms with Crippen LogP contribution in [-0.4, -0.2) is 19.0 Å². The van der Waals surface area contributed by atoms with E-state index in [4.69, 9.17) is 9.47 Å². The minimum absolute atomic E-state index is 0.0730. The molecule has 0 saturated heterocycles. The van der Waals surface area contributed by atoms with Crippen LogP contribution in [0.2, 0.25) is 0 Å². The van der Waals surface area contributed by atoms with Gasteiger partial charge in [-0.25, -0.2) is 0 Å². The number of halogens is 2. The quantitative estimate of drug-likeness (QED) is 0.792. The van der Waals surface area contributed by atoms with E-state index in [1.54, 1.807) is 26.2 Å². The molecule has 17 heavy (non-hydrogen) atoms. The molecule has 94 valence electrons. The van der Waals surface area contributed by atoms with Gasteiger partial charge in [0, 0.05) is 6.42 Å². The largest absolute Gasteiger partial charge is 0.496 e. The Morgan fingerprint density at radius 2 is 1.82 bits per heavy atom. The lowest BCUT2D eigenvalue weighted by molar-refractivity contribution is -0.124. The number of carbonyl (C=O) groups excluding carboxylic acids is 1. The molecule has 1 unspecified atom stereocenters. The van der Waals surface area contributed by atoms with Crippen LogP contribution in [0.25, 0.3) is 0 Å². The van der Waals surface area contributed by atoms with Gasteiger partial charge >= 0.3 is 0 Å². The van der Waals surface area contributed by atoms with Crippen LogP contribution in [0, 0.1) is 0 Å². The van der Waals surface area contributed by atoms with E-state index in [0.717, 1.165) is 8.95 Å². The summed E-state index contributed by atoms with van der Waals surface area (Å²) in [7, 11) is 1.59. The van der Waals surface area contributed by atoms with Gasteiger partial charge in [-0.3, -0.25) is 4.79 Å². The van der Waals surface area contributed by atoms with E-state index in [2.05, 4.69) is 31.9 Å². The normalized spacial score (nSPS) is 12.1. The number of methoxy groups -OCH3 is 1. The minimum Gasteiger partial charge on any atom is -0.496 e. The lowest BCUT2D eigenvalue weighted by Gasteiger charge is -2.15. The maximum atomic E-state index is 11.5. The Kier molecular flexibility index (Phi) is 5.46. The Labute approximate surface area is 118 Å². The molecule has 0 saturated carbocycles. The van der Waals surface area contributed by atoms with Gasteiger partial charge in [0.1, 0.15) is 11.5 Å². The second kappa shape index (κ2) is 6.40. The SMILES string of the molecule is CCC(=O)C(C)Oc1cc(Br)c(OC)cc1Br. The van der Waals surface area contributed by atoms with Crippen LogP contribution in [0.1, 0.15) is 20.3 Å². The zero-order chi connectivity index (χ0) is 13.0. The van der Waals surface area contributed by atoms with E-state index in [1.807, 2.05) is 6.92 Å². The third-order valence-electron chi connectivity index (χ3n) is 2.31. The Morgan fingerprint density at radius 1 is 1.29 bits per heavy atom. The van der Waals surface area contributed by atoms with E-state index in [1.165, 1.54) is 0 Å². The van der Waals surface area contributed by atoms with E-state index in [-0.39, 0.29) is 5.78 Å². The van der Waals surface area contributed by atoms with E-state index >= 15 is 0 Å². The van der Waals surface area contributed by atoms with Crippen molar-refractivity contribution in [3.05, 3.63) is 21.1 Å². The van der Waals surface area contributed by atoms with E-state index in [0.29, 0.717) is 17.9 Å². The Hall–Kier alpha value is -0.550. The lowest BCUT2D eigenvalue weighted by Crippen LogP contribution is -2.22. The molecule has 0 radical (unpaired) electrons. The Morgan fingerprint density at radius 3 is 2.35 bits per heavy atom. The smallest absolute Gasteiger partial charge is 0.172 e. The van der Waals surface area contributed by atoms with Crippen molar-refractivity contribution < 1.29 is 14.3 Å². The number of hydrogen-bond acceptors (Lipinski definition) is 3. The molecule has 0 heterocycles. The van der Waals surface area contributed by atoms with Crippen LogP contribution in [-0.2, 0) is 4.79 Å². The first kappa shape index (κ1) is 14.5. The third-order valence-corrected chi connectivity index (χ3v) is 3.55. The van der Waals surface area contributed by atoms with Crippen LogP contribution in [0.4, 0.5) is 0 Å². The molecule has 0 N–H and O–H groups in total. The summed E-state index contributed by atoms with van der Waals surface area (Å²) in [6.45, 7) is 3.57. The van der Waals surface area contributed by atoms with Crippen LogP contribution in [0.5, 0.6) is 11.5 Å². The zero-order valence-electron chi connectivity index (χ0n) is 9.92. The average molecular weight is 366 g/mol. The molecule has 0 aliphatic heterocycles. The molecule has 5 heteroatoms. The predicted octanol–water partition coefficient (Wildman–Crippen LogP) is 3.97. The molecule has 0 aromatic heterocycles. The highest BCUT2D eigenvalue weighted by Gasteiger charge is 2.15. The summed E-state index contributed by atoms with van der Waals surface area (Å²) in [5, 5.41) is 0. The monoisotopic (exact) mass is 364 g/mol. The van der Waals surface area contributed by atoms with Gasteiger partial charge in [-0.05, 0) is 50.9 Å². The summed E-state index contributed by atoms with van der Waals surface area (Å²) in [5.74, 6) is 1.40. The summed E-state index contributed by atoms with van der Waals surface area (Å²) in [6.07, 6.45) is 0.0208. The summed E-state index contributed by atoms with van der Waals surface area (Å²) in [4.78, 5) is 11.5. The Balaban J connectivity index is 2.92. The van der Waals surface area contributed by atoms with Crippen molar-refractivity contribution in [2.45, 2.75) is 26.4 Å². The van der Waals surface area contributed by atoms with Crippen molar-refractivity contribution in [2.75, 3.05) is 7.11 Å². The summed E-state index contributed by atoms with van der Waals surface area (Å²) in [6, 6.07) is 3.57. The third kappa shape index (κ3) is 3.71. The molecule has 0 amide bonds. The van der Waals surface area contributed by atoms with Crippen LogP contribution >= 0.6 is 31.9 Å². The number of ketones is 1. The van der Waals surface area contributed by atoms with Gasteiger partial charge < -0.3 is 9.47 Å². The molecule has 0 fully saturated rings. The van der Waals surface area contributed by atoms with Crippen LogP contribution in [0.3, 0.4) is 0 Å². The van der Waals surface area contributed by atoms with E-state index in [9.17, 15) is 4.79 Å². The predicted molar refractivity (Wildman–Crippen MR) is 73.8 cm³/mol. The van der Waals surface area contributed by atoms with Crippen molar-refractivity contribution in [2.24, 2.45) is 0 Å². The highest BCUT2D eigenvalue weighted by atomic mass is 79.9. The number of carbonyl (C=O) groups is 1. The minimum atomic E-state index is -0.448. The second-order valence-electron chi connectivity index (χ2n) is 3.50. The fraction of sp³-hybridized carbons (Fsp3) is 0.417. The number of Topliss-reactive ketones (excluding diaryl/α,β-unsaturated/α-hetero) is 1. The van der Waals surface area contributed by atoms with Gasteiger partial charge in [0.25, 0.3) is 0 Å². The van der Waals surface area contributed by atoms with Gasteiger partial charge in [-0.1, -0.05) is 6.92 Å². The van der Waals surface area contributed by atoms with Crippen molar-refractivity contribution in [1.29, 1.82) is 0 Å². The molecule has 1 aromatic carbocycles.